The molecule has 0 bridgehead atoms. The molecule has 2 aromatic rings. The number of hydrogen-bond acceptors (Lipinski definition) is 3. The highest BCUT2D eigenvalue weighted by molar-refractivity contribution is 5.27. The molecule has 106 valence electrons. The third kappa shape index (κ3) is 5.03. The maximum Gasteiger partial charge on any atom is 0.119 e. The van der Waals surface area contributed by atoms with E-state index in [1.54, 1.807) is 6.92 Å². The second kappa shape index (κ2) is 7.68. The highest BCUT2D eigenvalue weighted by Gasteiger charge is 1.98. The molecule has 0 aromatic heterocycles. The smallest absolute Gasteiger partial charge is 0.119 e. The molecule has 3 heteroatoms. The fourth-order valence-corrected chi connectivity index (χ4v) is 1.87. The van der Waals surface area contributed by atoms with Crippen molar-refractivity contribution < 1.29 is 9.84 Å². The summed E-state index contributed by atoms with van der Waals surface area (Å²) >= 11 is 0. The molecule has 1 unspecified atom stereocenters. The second-order valence-electron chi connectivity index (χ2n) is 4.90. The third-order valence-corrected chi connectivity index (χ3v) is 2.94. The number of aliphatic hydroxyl groups is 1. The van der Waals surface area contributed by atoms with Crippen LogP contribution in [0.3, 0.4) is 0 Å². The highest BCUT2D eigenvalue weighted by Crippen LogP contribution is 2.14. The number of rotatable bonds is 7. The first-order valence-corrected chi connectivity index (χ1v) is 6.88. The third-order valence-electron chi connectivity index (χ3n) is 2.94. The van der Waals surface area contributed by atoms with Gasteiger partial charge in [0.1, 0.15) is 12.4 Å². The van der Waals surface area contributed by atoms with Crippen molar-refractivity contribution in [1.29, 1.82) is 0 Å². The summed E-state index contributed by atoms with van der Waals surface area (Å²) in [5.41, 5.74) is 2.34. The fraction of sp³-hybridized carbons (Fsp3) is 0.294. The molecule has 3 nitrogen and oxygen atoms in total. The van der Waals surface area contributed by atoms with Gasteiger partial charge >= 0.3 is 0 Å². The number of aliphatic hydroxyl groups excluding tert-OH is 1. The molecule has 2 aromatic carbocycles. The Labute approximate surface area is 120 Å². The molecule has 0 fully saturated rings. The van der Waals surface area contributed by atoms with Crippen LogP contribution in [0.5, 0.6) is 5.75 Å². The summed E-state index contributed by atoms with van der Waals surface area (Å²) in [4.78, 5) is 0. The minimum Gasteiger partial charge on any atom is -0.489 e. The first kappa shape index (κ1) is 14.6. The van der Waals surface area contributed by atoms with Crippen molar-refractivity contribution >= 4 is 0 Å². The van der Waals surface area contributed by atoms with E-state index in [1.165, 1.54) is 5.56 Å². The lowest BCUT2D eigenvalue weighted by molar-refractivity contribution is 0.191. The number of hydrogen-bond donors (Lipinski definition) is 2. The van der Waals surface area contributed by atoms with E-state index in [9.17, 15) is 5.11 Å². The van der Waals surface area contributed by atoms with Gasteiger partial charge in [0.25, 0.3) is 0 Å². The van der Waals surface area contributed by atoms with Gasteiger partial charge in [-0.3, -0.25) is 0 Å². The number of benzene rings is 2. The lowest BCUT2D eigenvalue weighted by atomic mass is 10.2. The molecule has 0 aliphatic heterocycles. The molecule has 2 N–H and O–H groups in total. The van der Waals surface area contributed by atoms with Crippen molar-refractivity contribution in [2.75, 3.05) is 6.54 Å². The van der Waals surface area contributed by atoms with Gasteiger partial charge < -0.3 is 15.2 Å². The van der Waals surface area contributed by atoms with E-state index in [4.69, 9.17) is 4.74 Å². The van der Waals surface area contributed by atoms with E-state index in [0.717, 1.165) is 17.9 Å². The standard InChI is InChI=1S/C17H21NO2/c1-14(19)11-18-12-15-7-9-17(10-8-15)20-13-16-5-3-2-4-6-16/h2-10,14,18-19H,11-13H2,1H3. The topological polar surface area (TPSA) is 41.5 Å². The first-order chi connectivity index (χ1) is 9.74. The second-order valence-corrected chi connectivity index (χ2v) is 4.90. The Kier molecular flexibility index (Phi) is 5.59. The molecule has 0 aliphatic carbocycles. The van der Waals surface area contributed by atoms with Crippen molar-refractivity contribution in [3.8, 4) is 5.75 Å². The minimum absolute atomic E-state index is 0.316. The van der Waals surface area contributed by atoms with E-state index >= 15 is 0 Å². The van der Waals surface area contributed by atoms with Gasteiger partial charge in [0.2, 0.25) is 0 Å². The average Bonchev–Trinajstić information content (AvgIpc) is 2.47. The Morgan fingerprint density at radius 2 is 1.70 bits per heavy atom. The maximum atomic E-state index is 9.17. The van der Waals surface area contributed by atoms with Crippen LogP contribution in [0.25, 0.3) is 0 Å². The largest absolute Gasteiger partial charge is 0.489 e. The molecular formula is C17H21NO2. The summed E-state index contributed by atoms with van der Waals surface area (Å²) in [7, 11) is 0. The lowest BCUT2D eigenvalue weighted by Crippen LogP contribution is -2.23. The normalized spacial score (nSPS) is 12.1. The van der Waals surface area contributed by atoms with Gasteiger partial charge in [0.15, 0.2) is 0 Å². The SMILES string of the molecule is CC(O)CNCc1ccc(OCc2ccccc2)cc1. The van der Waals surface area contributed by atoms with Crippen molar-refractivity contribution in [1.82, 2.24) is 5.32 Å². The predicted octanol–water partition coefficient (Wildman–Crippen LogP) is 2.74. The zero-order chi connectivity index (χ0) is 14.2. The number of ether oxygens (including phenoxy) is 1. The van der Waals surface area contributed by atoms with Crippen LogP contribution in [0.2, 0.25) is 0 Å². The van der Waals surface area contributed by atoms with Crippen LogP contribution in [-0.2, 0) is 13.2 Å². The van der Waals surface area contributed by atoms with E-state index in [1.807, 2.05) is 54.6 Å². The van der Waals surface area contributed by atoms with E-state index in [-0.39, 0.29) is 6.10 Å². The van der Waals surface area contributed by atoms with Crippen LogP contribution in [-0.4, -0.2) is 17.8 Å². The molecular weight excluding hydrogens is 250 g/mol. The maximum absolute atomic E-state index is 9.17. The van der Waals surface area contributed by atoms with Gasteiger partial charge in [-0.05, 0) is 30.2 Å². The summed E-state index contributed by atoms with van der Waals surface area (Å²) in [6.07, 6.45) is -0.316. The number of nitrogens with one attached hydrogen (secondary N) is 1. The molecule has 0 aliphatic rings. The molecule has 0 heterocycles. The van der Waals surface area contributed by atoms with Crippen molar-refractivity contribution in [2.24, 2.45) is 0 Å². The molecule has 0 saturated carbocycles. The zero-order valence-corrected chi connectivity index (χ0v) is 11.8. The Hall–Kier alpha value is -1.84. The van der Waals surface area contributed by atoms with Crippen LogP contribution in [0.4, 0.5) is 0 Å². The summed E-state index contributed by atoms with van der Waals surface area (Å²) in [6, 6.07) is 18.1. The van der Waals surface area contributed by atoms with Crippen molar-refractivity contribution in [3.63, 3.8) is 0 Å². The first-order valence-electron chi connectivity index (χ1n) is 6.88. The Bertz CT molecular complexity index is 494. The Morgan fingerprint density at radius 1 is 1.00 bits per heavy atom. The van der Waals surface area contributed by atoms with Crippen molar-refractivity contribution in [3.05, 3.63) is 65.7 Å². The van der Waals surface area contributed by atoms with Gasteiger partial charge in [-0.15, -0.1) is 0 Å². The summed E-state index contributed by atoms with van der Waals surface area (Å²) < 4.78 is 5.73. The van der Waals surface area contributed by atoms with Crippen LogP contribution in [0, 0.1) is 0 Å². The monoisotopic (exact) mass is 271 g/mol. The van der Waals surface area contributed by atoms with Crippen LogP contribution >= 0.6 is 0 Å². The summed E-state index contributed by atoms with van der Waals surface area (Å²) in [5.74, 6) is 0.869. The quantitative estimate of drug-likeness (QED) is 0.813. The molecule has 0 radical (unpaired) electrons. The summed E-state index contributed by atoms with van der Waals surface area (Å²) in [5, 5.41) is 12.4. The highest BCUT2D eigenvalue weighted by atomic mass is 16.5. The van der Waals surface area contributed by atoms with Gasteiger partial charge in [0, 0.05) is 13.1 Å². The van der Waals surface area contributed by atoms with Crippen LogP contribution in [0.1, 0.15) is 18.1 Å². The molecule has 0 amide bonds. The van der Waals surface area contributed by atoms with Crippen LogP contribution in [0.15, 0.2) is 54.6 Å². The van der Waals surface area contributed by atoms with E-state index < -0.39 is 0 Å². The van der Waals surface area contributed by atoms with E-state index in [2.05, 4.69) is 5.32 Å². The molecule has 2 rings (SSSR count). The van der Waals surface area contributed by atoms with Crippen molar-refractivity contribution in [2.45, 2.75) is 26.2 Å². The zero-order valence-electron chi connectivity index (χ0n) is 11.8. The average molecular weight is 271 g/mol. The van der Waals surface area contributed by atoms with Gasteiger partial charge in [-0.2, -0.15) is 0 Å². The summed E-state index contributed by atoms with van der Waals surface area (Å²) in [6.45, 7) is 3.71. The van der Waals surface area contributed by atoms with E-state index in [0.29, 0.717) is 13.2 Å². The lowest BCUT2D eigenvalue weighted by Gasteiger charge is -2.09. The predicted molar refractivity (Wildman–Crippen MR) is 80.6 cm³/mol. The Balaban J connectivity index is 1.79. The van der Waals surface area contributed by atoms with Gasteiger partial charge in [-0.25, -0.2) is 0 Å². The molecule has 0 spiro atoms. The fourth-order valence-electron chi connectivity index (χ4n) is 1.87. The van der Waals surface area contributed by atoms with Gasteiger partial charge in [0.05, 0.1) is 6.10 Å². The molecule has 0 saturated heterocycles. The Morgan fingerprint density at radius 3 is 2.35 bits per heavy atom. The molecule has 1 atom stereocenters. The van der Waals surface area contributed by atoms with Crippen LogP contribution < -0.4 is 10.1 Å². The molecule has 20 heavy (non-hydrogen) atoms. The van der Waals surface area contributed by atoms with Gasteiger partial charge in [-0.1, -0.05) is 42.5 Å². The minimum atomic E-state index is -0.316.